The molecule has 1 N–H and O–H groups in total. The fraction of sp³-hybridized carbons (Fsp3) is 0.286. The first-order chi connectivity index (χ1) is 14.0. The van der Waals surface area contributed by atoms with E-state index in [1.165, 1.54) is 12.0 Å². The third-order valence-corrected chi connectivity index (χ3v) is 4.40. The topological polar surface area (TPSA) is 94.2 Å². The van der Waals surface area contributed by atoms with Crippen LogP contribution in [-0.2, 0) is 19.1 Å². The smallest absolute Gasteiger partial charge is 0.344 e. The minimum absolute atomic E-state index is 0.144. The minimum Gasteiger partial charge on any atom is -0.493 e. The van der Waals surface area contributed by atoms with E-state index in [-0.39, 0.29) is 25.0 Å². The van der Waals surface area contributed by atoms with Gasteiger partial charge in [-0.2, -0.15) is 0 Å². The molecule has 0 radical (unpaired) electrons. The molecule has 0 saturated carbocycles. The van der Waals surface area contributed by atoms with Gasteiger partial charge in [-0.25, -0.2) is 4.79 Å². The highest BCUT2D eigenvalue weighted by Gasteiger charge is 2.30. The van der Waals surface area contributed by atoms with E-state index in [9.17, 15) is 14.4 Å². The molecular weight excluding hydrogens is 376 g/mol. The number of fused-ring (bicyclic) bond motifs is 1. The van der Waals surface area contributed by atoms with Crippen molar-refractivity contribution in [1.29, 1.82) is 0 Å². The fourth-order valence-corrected chi connectivity index (χ4v) is 3.10. The first-order valence-corrected chi connectivity index (χ1v) is 9.12. The summed E-state index contributed by atoms with van der Waals surface area (Å²) in [5.74, 6) is -0.398. The number of methoxy groups -OCH3 is 1. The van der Waals surface area contributed by atoms with Gasteiger partial charge in [-0.05, 0) is 31.2 Å². The predicted molar refractivity (Wildman–Crippen MR) is 106 cm³/mol. The molecule has 8 heteroatoms. The van der Waals surface area contributed by atoms with Gasteiger partial charge in [0.05, 0.1) is 18.5 Å². The predicted octanol–water partition coefficient (Wildman–Crippen LogP) is 2.38. The van der Waals surface area contributed by atoms with Crippen LogP contribution in [-0.4, -0.2) is 44.1 Å². The van der Waals surface area contributed by atoms with Gasteiger partial charge in [0.2, 0.25) is 5.91 Å². The van der Waals surface area contributed by atoms with E-state index in [2.05, 4.69) is 5.32 Å². The number of benzene rings is 2. The number of hydrogen-bond donors (Lipinski definition) is 1. The lowest BCUT2D eigenvalue weighted by molar-refractivity contribution is -0.150. The minimum atomic E-state index is -0.686. The molecule has 0 unspecified atom stereocenters. The molecule has 2 amide bonds. The molecule has 8 nitrogen and oxygen atoms in total. The van der Waals surface area contributed by atoms with Crippen molar-refractivity contribution in [2.75, 3.05) is 30.5 Å². The number of hydrogen-bond acceptors (Lipinski definition) is 6. The van der Waals surface area contributed by atoms with E-state index in [0.717, 1.165) is 0 Å². The fourth-order valence-electron chi connectivity index (χ4n) is 3.10. The van der Waals surface area contributed by atoms with Crippen molar-refractivity contribution in [2.45, 2.75) is 19.4 Å². The molecule has 0 fully saturated rings. The maximum atomic E-state index is 12.8. The monoisotopic (exact) mass is 398 g/mol. The Morgan fingerprint density at radius 2 is 1.76 bits per heavy atom. The van der Waals surface area contributed by atoms with E-state index in [0.29, 0.717) is 22.9 Å². The Morgan fingerprint density at radius 1 is 1.07 bits per heavy atom. The SMILES string of the molecule is COc1ccccc1OCC(=O)OCC(=O)N1c2ccccc2NC(=O)C[C@H]1C. The van der Waals surface area contributed by atoms with Gasteiger partial charge in [0.1, 0.15) is 0 Å². The number of amides is 2. The van der Waals surface area contributed by atoms with E-state index in [1.54, 1.807) is 55.5 Å². The number of carbonyl (C=O) groups is 3. The van der Waals surface area contributed by atoms with Crippen LogP contribution < -0.4 is 19.7 Å². The maximum absolute atomic E-state index is 12.8. The second-order valence-corrected chi connectivity index (χ2v) is 6.48. The first-order valence-electron chi connectivity index (χ1n) is 9.12. The van der Waals surface area contributed by atoms with Crippen LogP contribution >= 0.6 is 0 Å². The molecule has 152 valence electrons. The van der Waals surface area contributed by atoms with Crippen LogP contribution in [0.2, 0.25) is 0 Å². The van der Waals surface area contributed by atoms with Gasteiger partial charge >= 0.3 is 5.97 Å². The summed E-state index contributed by atoms with van der Waals surface area (Å²) in [6.07, 6.45) is 0.144. The van der Waals surface area contributed by atoms with Crippen molar-refractivity contribution >= 4 is 29.2 Å². The summed E-state index contributed by atoms with van der Waals surface area (Å²) < 4.78 is 15.6. The lowest BCUT2D eigenvalue weighted by atomic mass is 10.1. The van der Waals surface area contributed by atoms with Crippen molar-refractivity contribution < 1.29 is 28.6 Å². The second kappa shape index (κ2) is 9.09. The van der Waals surface area contributed by atoms with Crippen molar-refractivity contribution in [3.05, 3.63) is 48.5 Å². The number of ether oxygens (including phenoxy) is 3. The van der Waals surface area contributed by atoms with Crippen LogP contribution in [0.3, 0.4) is 0 Å². The summed E-state index contributed by atoms with van der Waals surface area (Å²) in [4.78, 5) is 38.3. The molecule has 0 aromatic heterocycles. The Hall–Kier alpha value is -3.55. The standard InChI is InChI=1S/C21H22N2O6/c1-14-11-19(24)22-15-7-3-4-8-16(15)23(14)20(25)12-29-21(26)13-28-18-10-6-5-9-17(18)27-2/h3-10,14H,11-13H2,1-2H3,(H,22,24)/t14-/m1/s1. The third kappa shape index (κ3) is 4.84. The summed E-state index contributed by atoms with van der Waals surface area (Å²) in [6.45, 7) is 0.951. The largest absolute Gasteiger partial charge is 0.493 e. The van der Waals surface area contributed by atoms with Crippen LogP contribution in [0.25, 0.3) is 0 Å². The first kappa shape index (κ1) is 20.2. The van der Waals surface area contributed by atoms with Crippen LogP contribution in [0.1, 0.15) is 13.3 Å². The molecule has 2 aromatic carbocycles. The van der Waals surface area contributed by atoms with Crippen LogP contribution in [0.4, 0.5) is 11.4 Å². The summed E-state index contributed by atoms with van der Waals surface area (Å²) >= 11 is 0. The van der Waals surface area contributed by atoms with E-state index < -0.39 is 18.5 Å². The van der Waals surface area contributed by atoms with Gasteiger partial charge in [-0.15, -0.1) is 0 Å². The molecule has 1 atom stereocenters. The van der Waals surface area contributed by atoms with Crippen molar-refractivity contribution in [3.63, 3.8) is 0 Å². The number of para-hydroxylation sites is 4. The summed E-state index contributed by atoms with van der Waals surface area (Å²) in [5.41, 5.74) is 1.11. The van der Waals surface area contributed by atoms with Gasteiger partial charge in [0.25, 0.3) is 5.91 Å². The molecule has 0 spiro atoms. The molecule has 2 aromatic rings. The van der Waals surface area contributed by atoms with Gasteiger partial charge in [0, 0.05) is 12.5 Å². The quantitative estimate of drug-likeness (QED) is 0.751. The van der Waals surface area contributed by atoms with Gasteiger partial charge in [-0.1, -0.05) is 24.3 Å². The normalized spacial score (nSPS) is 15.6. The number of nitrogens with zero attached hydrogens (tertiary/aromatic N) is 1. The van der Waals surface area contributed by atoms with Crippen molar-refractivity contribution in [1.82, 2.24) is 0 Å². The number of anilines is 2. The molecular formula is C21H22N2O6. The summed E-state index contributed by atoms with van der Waals surface area (Å²) in [7, 11) is 1.50. The number of carbonyl (C=O) groups excluding carboxylic acids is 3. The Balaban J connectivity index is 1.61. The molecule has 0 saturated heterocycles. The van der Waals surface area contributed by atoms with Crippen LogP contribution in [0.15, 0.2) is 48.5 Å². The Bertz CT molecular complexity index is 914. The zero-order valence-corrected chi connectivity index (χ0v) is 16.2. The lowest BCUT2D eigenvalue weighted by Crippen LogP contribution is -2.41. The Kier molecular flexibility index (Phi) is 6.33. The highest BCUT2D eigenvalue weighted by molar-refractivity contribution is 6.05. The van der Waals surface area contributed by atoms with Crippen molar-refractivity contribution in [2.24, 2.45) is 0 Å². The van der Waals surface area contributed by atoms with Crippen molar-refractivity contribution in [3.8, 4) is 11.5 Å². The third-order valence-electron chi connectivity index (χ3n) is 4.40. The average Bonchev–Trinajstić information content (AvgIpc) is 2.84. The Labute approximate surface area is 168 Å². The highest BCUT2D eigenvalue weighted by atomic mass is 16.6. The lowest BCUT2D eigenvalue weighted by Gasteiger charge is -2.27. The molecule has 1 aliphatic rings. The summed E-state index contributed by atoms with van der Waals surface area (Å²) in [5, 5.41) is 2.78. The van der Waals surface area contributed by atoms with Gasteiger partial charge in [-0.3, -0.25) is 9.59 Å². The van der Waals surface area contributed by atoms with Crippen LogP contribution in [0, 0.1) is 0 Å². The number of nitrogens with one attached hydrogen (secondary N) is 1. The molecule has 1 heterocycles. The average molecular weight is 398 g/mol. The number of rotatable bonds is 6. The zero-order chi connectivity index (χ0) is 20.8. The maximum Gasteiger partial charge on any atom is 0.344 e. The van der Waals surface area contributed by atoms with Gasteiger partial charge < -0.3 is 24.4 Å². The van der Waals surface area contributed by atoms with E-state index in [1.807, 2.05) is 0 Å². The van der Waals surface area contributed by atoms with Gasteiger partial charge in [0.15, 0.2) is 24.7 Å². The molecule has 0 aliphatic carbocycles. The van der Waals surface area contributed by atoms with E-state index >= 15 is 0 Å². The van der Waals surface area contributed by atoms with Crippen LogP contribution in [0.5, 0.6) is 11.5 Å². The molecule has 29 heavy (non-hydrogen) atoms. The second-order valence-electron chi connectivity index (χ2n) is 6.48. The number of esters is 1. The molecule has 0 bridgehead atoms. The zero-order valence-electron chi connectivity index (χ0n) is 16.2. The molecule has 3 rings (SSSR count). The summed E-state index contributed by atoms with van der Waals surface area (Å²) in [6, 6.07) is 13.5. The van der Waals surface area contributed by atoms with E-state index in [4.69, 9.17) is 14.2 Å². The highest BCUT2D eigenvalue weighted by Crippen LogP contribution is 2.31. The molecule has 1 aliphatic heterocycles. The Morgan fingerprint density at radius 3 is 2.52 bits per heavy atom.